The third-order valence-electron chi connectivity index (χ3n) is 3.21. The molecule has 0 aliphatic carbocycles. The van der Waals surface area contributed by atoms with Crippen LogP contribution in [0.3, 0.4) is 0 Å². The number of rotatable bonds is 4. The van der Waals surface area contributed by atoms with Crippen molar-refractivity contribution in [2.45, 2.75) is 38.8 Å². The van der Waals surface area contributed by atoms with E-state index >= 15 is 0 Å². The SMILES string of the molecule is CC[C@H](CO)Nc1nccc2c1C(=O)OC2(C)C. The summed E-state index contributed by atoms with van der Waals surface area (Å²) < 4.78 is 5.33. The van der Waals surface area contributed by atoms with Crippen molar-refractivity contribution in [3.05, 3.63) is 23.4 Å². The second-order valence-corrected chi connectivity index (χ2v) is 4.91. The fourth-order valence-corrected chi connectivity index (χ4v) is 2.09. The molecule has 1 atom stereocenters. The number of aliphatic hydroxyl groups is 1. The van der Waals surface area contributed by atoms with Gasteiger partial charge in [0.15, 0.2) is 0 Å². The number of carbonyl (C=O) groups excluding carboxylic acids is 1. The zero-order valence-electron chi connectivity index (χ0n) is 10.9. The van der Waals surface area contributed by atoms with E-state index in [-0.39, 0.29) is 18.6 Å². The highest BCUT2D eigenvalue weighted by molar-refractivity contribution is 5.99. The molecule has 0 spiro atoms. The topological polar surface area (TPSA) is 71.5 Å². The summed E-state index contributed by atoms with van der Waals surface area (Å²) in [5.41, 5.74) is 0.694. The molecule has 5 nitrogen and oxygen atoms in total. The second kappa shape index (κ2) is 4.57. The van der Waals surface area contributed by atoms with Crippen LogP contribution in [0.2, 0.25) is 0 Å². The Hall–Kier alpha value is -1.62. The molecule has 0 fully saturated rings. The molecule has 0 unspecified atom stereocenters. The van der Waals surface area contributed by atoms with Gasteiger partial charge in [0.1, 0.15) is 17.0 Å². The average molecular weight is 250 g/mol. The molecule has 18 heavy (non-hydrogen) atoms. The standard InChI is InChI=1S/C13H18N2O3/c1-4-8(7-16)15-11-10-9(5-6-14-11)13(2,3)18-12(10)17/h5-6,8,16H,4,7H2,1-3H3,(H,14,15)/t8-/m1/s1. The van der Waals surface area contributed by atoms with Gasteiger partial charge >= 0.3 is 5.97 Å². The summed E-state index contributed by atoms with van der Waals surface area (Å²) in [6.45, 7) is 5.66. The van der Waals surface area contributed by atoms with Crippen LogP contribution in [0, 0.1) is 0 Å². The first-order chi connectivity index (χ1) is 8.49. The van der Waals surface area contributed by atoms with Gasteiger partial charge in [0.05, 0.1) is 12.6 Å². The van der Waals surface area contributed by atoms with Gasteiger partial charge in [0, 0.05) is 11.8 Å². The number of nitrogens with one attached hydrogen (secondary N) is 1. The Morgan fingerprint density at radius 1 is 1.56 bits per heavy atom. The molecule has 2 N–H and O–H groups in total. The van der Waals surface area contributed by atoms with Gasteiger partial charge in [0.2, 0.25) is 0 Å². The highest BCUT2D eigenvalue weighted by Gasteiger charge is 2.40. The molecule has 0 saturated carbocycles. The number of aliphatic hydroxyl groups excluding tert-OH is 1. The Kier molecular flexibility index (Phi) is 3.26. The number of hydrogen-bond acceptors (Lipinski definition) is 5. The van der Waals surface area contributed by atoms with Crippen molar-refractivity contribution in [1.29, 1.82) is 0 Å². The molecule has 1 aromatic rings. The van der Waals surface area contributed by atoms with E-state index in [1.54, 1.807) is 12.3 Å². The van der Waals surface area contributed by atoms with Crippen molar-refractivity contribution in [2.24, 2.45) is 0 Å². The minimum atomic E-state index is -0.618. The molecular formula is C13H18N2O3. The van der Waals surface area contributed by atoms with Crippen LogP contribution in [-0.4, -0.2) is 28.7 Å². The number of cyclic esters (lactones) is 1. The first-order valence-electron chi connectivity index (χ1n) is 6.09. The van der Waals surface area contributed by atoms with Gasteiger partial charge < -0.3 is 15.2 Å². The van der Waals surface area contributed by atoms with Crippen molar-refractivity contribution in [3.8, 4) is 0 Å². The number of fused-ring (bicyclic) bond motifs is 1. The van der Waals surface area contributed by atoms with Gasteiger partial charge in [-0.1, -0.05) is 6.92 Å². The predicted octanol–water partition coefficient (Wildman–Crippen LogP) is 1.67. The van der Waals surface area contributed by atoms with Crippen LogP contribution in [0.15, 0.2) is 12.3 Å². The summed E-state index contributed by atoms with van der Waals surface area (Å²) in [6.07, 6.45) is 2.40. The Morgan fingerprint density at radius 2 is 2.28 bits per heavy atom. The molecule has 0 bridgehead atoms. The van der Waals surface area contributed by atoms with E-state index in [2.05, 4.69) is 10.3 Å². The molecular weight excluding hydrogens is 232 g/mol. The predicted molar refractivity (Wildman–Crippen MR) is 67.5 cm³/mol. The van der Waals surface area contributed by atoms with Crippen molar-refractivity contribution in [1.82, 2.24) is 4.98 Å². The van der Waals surface area contributed by atoms with Crippen LogP contribution >= 0.6 is 0 Å². The number of carbonyl (C=O) groups is 1. The number of esters is 1. The third-order valence-corrected chi connectivity index (χ3v) is 3.21. The van der Waals surface area contributed by atoms with Crippen molar-refractivity contribution in [3.63, 3.8) is 0 Å². The van der Waals surface area contributed by atoms with Gasteiger partial charge in [0.25, 0.3) is 0 Å². The van der Waals surface area contributed by atoms with Crippen LogP contribution < -0.4 is 5.32 Å². The van der Waals surface area contributed by atoms with Gasteiger partial charge in [-0.15, -0.1) is 0 Å². The first-order valence-corrected chi connectivity index (χ1v) is 6.09. The molecule has 1 aliphatic heterocycles. The average Bonchev–Trinajstić information content (AvgIpc) is 2.57. The third kappa shape index (κ3) is 2.06. The van der Waals surface area contributed by atoms with Crippen LogP contribution in [0.4, 0.5) is 5.82 Å². The van der Waals surface area contributed by atoms with Gasteiger partial charge in [-0.05, 0) is 26.3 Å². The first kappa shape index (κ1) is 12.8. The van der Waals surface area contributed by atoms with Crippen LogP contribution in [0.25, 0.3) is 0 Å². The molecule has 98 valence electrons. The van der Waals surface area contributed by atoms with Crippen molar-refractivity contribution < 1.29 is 14.6 Å². The van der Waals surface area contributed by atoms with E-state index in [9.17, 15) is 9.90 Å². The molecule has 2 heterocycles. The lowest BCUT2D eigenvalue weighted by Gasteiger charge is -2.18. The van der Waals surface area contributed by atoms with Gasteiger partial charge in [-0.25, -0.2) is 9.78 Å². The minimum absolute atomic E-state index is 0.000286. The Balaban J connectivity index is 2.40. The summed E-state index contributed by atoms with van der Waals surface area (Å²) in [7, 11) is 0. The van der Waals surface area contributed by atoms with Crippen LogP contribution in [-0.2, 0) is 10.3 Å². The van der Waals surface area contributed by atoms with E-state index in [0.717, 1.165) is 12.0 Å². The van der Waals surface area contributed by atoms with Gasteiger partial charge in [-0.3, -0.25) is 0 Å². The highest BCUT2D eigenvalue weighted by Crippen LogP contribution is 2.38. The highest BCUT2D eigenvalue weighted by atomic mass is 16.6. The number of pyridine rings is 1. The summed E-state index contributed by atoms with van der Waals surface area (Å²) in [5.74, 6) is 0.127. The molecule has 0 radical (unpaired) electrons. The van der Waals surface area contributed by atoms with Crippen LogP contribution in [0.5, 0.6) is 0 Å². The van der Waals surface area contributed by atoms with E-state index in [4.69, 9.17) is 4.74 Å². The monoisotopic (exact) mass is 250 g/mol. The fourth-order valence-electron chi connectivity index (χ4n) is 2.09. The van der Waals surface area contributed by atoms with E-state index in [0.29, 0.717) is 11.4 Å². The largest absolute Gasteiger partial charge is 0.451 e. The second-order valence-electron chi connectivity index (χ2n) is 4.91. The molecule has 5 heteroatoms. The zero-order chi connectivity index (χ0) is 13.3. The minimum Gasteiger partial charge on any atom is -0.451 e. The smallest absolute Gasteiger partial charge is 0.343 e. The lowest BCUT2D eigenvalue weighted by molar-refractivity contribution is 0.00957. The number of aromatic nitrogens is 1. The lowest BCUT2D eigenvalue weighted by Crippen LogP contribution is -2.24. The Bertz CT molecular complexity index is 467. The Labute approximate surface area is 106 Å². The maximum Gasteiger partial charge on any atom is 0.343 e. The Morgan fingerprint density at radius 3 is 2.89 bits per heavy atom. The maximum atomic E-state index is 11.9. The van der Waals surface area contributed by atoms with E-state index < -0.39 is 5.60 Å². The fraction of sp³-hybridized carbons (Fsp3) is 0.538. The van der Waals surface area contributed by atoms with E-state index in [1.165, 1.54) is 0 Å². The molecule has 1 aromatic heterocycles. The number of anilines is 1. The summed E-state index contributed by atoms with van der Waals surface area (Å²) >= 11 is 0. The summed E-state index contributed by atoms with van der Waals surface area (Å²) in [5, 5.41) is 12.3. The van der Waals surface area contributed by atoms with Gasteiger partial charge in [-0.2, -0.15) is 0 Å². The number of hydrogen-bond donors (Lipinski definition) is 2. The van der Waals surface area contributed by atoms with E-state index in [1.807, 2.05) is 20.8 Å². The zero-order valence-corrected chi connectivity index (χ0v) is 10.9. The number of nitrogens with zero attached hydrogens (tertiary/aromatic N) is 1. The quantitative estimate of drug-likeness (QED) is 0.795. The summed E-state index contributed by atoms with van der Waals surface area (Å²) in [6, 6.07) is 1.69. The molecule has 2 rings (SSSR count). The normalized spacial score (nSPS) is 18.1. The summed E-state index contributed by atoms with van der Waals surface area (Å²) in [4.78, 5) is 16.1. The van der Waals surface area contributed by atoms with Crippen molar-refractivity contribution in [2.75, 3.05) is 11.9 Å². The molecule has 0 amide bonds. The van der Waals surface area contributed by atoms with Crippen molar-refractivity contribution >= 4 is 11.8 Å². The lowest BCUT2D eigenvalue weighted by atomic mass is 9.97. The molecule has 1 aliphatic rings. The number of ether oxygens (including phenoxy) is 1. The maximum absolute atomic E-state index is 11.9. The molecule has 0 saturated heterocycles. The van der Waals surface area contributed by atoms with Crippen LogP contribution in [0.1, 0.15) is 43.1 Å². The molecule has 0 aromatic carbocycles.